The van der Waals surface area contributed by atoms with Crippen LogP contribution >= 0.6 is 22.9 Å². The molecule has 0 aliphatic heterocycles. The quantitative estimate of drug-likeness (QED) is 0.532. The summed E-state index contributed by atoms with van der Waals surface area (Å²) in [6.45, 7) is -0.457. The second-order valence-corrected chi connectivity index (χ2v) is 9.47. The van der Waals surface area contributed by atoms with Gasteiger partial charge in [-0.3, -0.25) is 9.59 Å². The molecule has 5 rings (SSSR count). The van der Waals surface area contributed by atoms with Crippen LogP contribution in [-0.4, -0.2) is 52.3 Å². The smallest absolute Gasteiger partial charge is 0.273 e. The van der Waals surface area contributed by atoms with E-state index in [1.165, 1.54) is 23.5 Å². The van der Waals surface area contributed by atoms with E-state index in [0.717, 1.165) is 6.07 Å². The number of carbonyl (C=O) groups excluding carboxylic acids is 2. The van der Waals surface area contributed by atoms with E-state index >= 15 is 0 Å². The van der Waals surface area contributed by atoms with Gasteiger partial charge >= 0.3 is 0 Å². The molecule has 3 saturated carbocycles. The first-order valence-corrected chi connectivity index (χ1v) is 11.5. The van der Waals surface area contributed by atoms with Crippen molar-refractivity contribution in [1.82, 2.24) is 15.6 Å². The predicted octanol–water partition coefficient (Wildman–Crippen LogP) is 2.44. The first-order valence-electron chi connectivity index (χ1n) is 10.2. The molecule has 2 bridgehead atoms. The fourth-order valence-electron chi connectivity index (χ4n) is 4.43. The number of nitrogens with one attached hydrogen (secondary N) is 2. The molecular formula is C21H23ClFN3O5S. The molecule has 0 spiro atoms. The van der Waals surface area contributed by atoms with E-state index in [1.807, 2.05) is 0 Å². The molecule has 1 heterocycles. The van der Waals surface area contributed by atoms with Crippen LogP contribution in [0.3, 0.4) is 0 Å². The normalized spacial score (nSPS) is 26.4. The Balaban J connectivity index is 1.28. The van der Waals surface area contributed by atoms with Gasteiger partial charge in [-0.15, -0.1) is 0 Å². The molecule has 1 aromatic carbocycles. The van der Waals surface area contributed by atoms with Crippen LogP contribution in [-0.2, 0) is 9.59 Å². The summed E-state index contributed by atoms with van der Waals surface area (Å²) in [5, 5.41) is 18.9. The summed E-state index contributed by atoms with van der Waals surface area (Å²) in [5.41, 5.74) is -1.29. The number of fused-ring (bicyclic) bond motifs is 3. The van der Waals surface area contributed by atoms with Crippen molar-refractivity contribution in [2.45, 2.75) is 49.3 Å². The number of ether oxygens (including phenoxy) is 2. The van der Waals surface area contributed by atoms with Gasteiger partial charge in [0.1, 0.15) is 11.6 Å². The van der Waals surface area contributed by atoms with Crippen molar-refractivity contribution in [2.75, 3.05) is 13.2 Å². The van der Waals surface area contributed by atoms with E-state index in [9.17, 15) is 19.1 Å². The highest BCUT2D eigenvalue weighted by Crippen LogP contribution is 2.47. The molecule has 3 N–H and O–H groups in total. The van der Waals surface area contributed by atoms with Gasteiger partial charge in [0.25, 0.3) is 17.0 Å². The Morgan fingerprint density at radius 2 is 1.91 bits per heavy atom. The maximum Gasteiger partial charge on any atom is 0.273 e. The van der Waals surface area contributed by atoms with Crippen molar-refractivity contribution < 1.29 is 28.6 Å². The van der Waals surface area contributed by atoms with E-state index in [4.69, 9.17) is 21.1 Å². The molecule has 172 valence electrons. The molecule has 1 aromatic heterocycles. The molecule has 0 unspecified atom stereocenters. The first kappa shape index (κ1) is 22.8. The fraction of sp³-hybridized carbons (Fsp3) is 0.476. The average molecular weight is 484 g/mol. The molecule has 11 heteroatoms. The summed E-state index contributed by atoms with van der Waals surface area (Å²) in [4.78, 5) is 28.8. The molecule has 1 atom stereocenters. The number of hydrogen-bond acceptors (Lipinski definition) is 7. The van der Waals surface area contributed by atoms with Crippen LogP contribution in [0.4, 0.5) is 4.39 Å². The molecule has 3 aliphatic rings. The second-order valence-electron chi connectivity index (χ2n) is 8.20. The first-order chi connectivity index (χ1) is 15.3. The molecule has 32 heavy (non-hydrogen) atoms. The predicted molar refractivity (Wildman–Crippen MR) is 115 cm³/mol. The summed E-state index contributed by atoms with van der Waals surface area (Å²) < 4.78 is 24.2. The molecular weight excluding hydrogens is 461 g/mol. The van der Waals surface area contributed by atoms with Gasteiger partial charge in [0, 0.05) is 23.2 Å². The van der Waals surface area contributed by atoms with Gasteiger partial charge in [-0.2, -0.15) is 0 Å². The zero-order valence-corrected chi connectivity index (χ0v) is 18.7. The SMILES string of the molecule is O=C(COc1nccs1)NC12CCC(NC(=O)COc3ccc(Cl)c(F)c3)(CC1)[C@@H](O)C2. The van der Waals surface area contributed by atoms with Crippen LogP contribution in [0, 0.1) is 5.82 Å². The Morgan fingerprint density at radius 1 is 1.19 bits per heavy atom. The van der Waals surface area contributed by atoms with Gasteiger partial charge in [-0.1, -0.05) is 22.9 Å². The molecule has 2 amide bonds. The van der Waals surface area contributed by atoms with Crippen LogP contribution in [0.5, 0.6) is 10.9 Å². The fourth-order valence-corrected chi connectivity index (χ4v) is 5.04. The average Bonchev–Trinajstić information content (AvgIpc) is 3.28. The van der Waals surface area contributed by atoms with Gasteiger partial charge in [0.05, 0.1) is 16.7 Å². The van der Waals surface area contributed by atoms with Crippen molar-refractivity contribution in [3.63, 3.8) is 0 Å². The number of benzene rings is 1. The third kappa shape index (κ3) is 4.97. The minimum atomic E-state index is -0.817. The standard InChI is InChI=1S/C21H23ClFN3O5S/c22-14-2-1-13(9-15(14)23)30-11-18(29)26-21-5-3-20(4-6-21,10-16(21)27)25-17(28)12-31-19-24-7-8-32-19/h1-2,7-9,16,27H,3-6,10-12H2,(H,25,28)(H,26,29)/t16-,20?,21?/m0/s1. The van der Waals surface area contributed by atoms with Crippen molar-refractivity contribution in [2.24, 2.45) is 0 Å². The largest absolute Gasteiger partial charge is 0.484 e. The zero-order chi connectivity index (χ0) is 22.8. The lowest BCUT2D eigenvalue weighted by Crippen LogP contribution is -2.70. The van der Waals surface area contributed by atoms with Crippen molar-refractivity contribution in [1.29, 1.82) is 0 Å². The minimum Gasteiger partial charge on any atom is -0.484 e. The third-order valence-electron chi connectivity index (χ3n) is 6.11. The highest BCUT2D eigenvalue weighted by Gasteiger charge is 2.55. The second kappa shape index (κ2) is 9.21. The minimum absolute atomic E-state index is 0.0291. The number of halogens is 2. The van der Waals surface area contributed by atoms with Gasteiger partial charge in [-0.25, -0.2) is 9.37 Å². The van der Waals surface area contributed by atoms with E-state index in [-0.39, 0.29) is 29.9 Å². The van der Waals surface area contributed by atoms with Crippen LogP contribution in [0.15, 0.2) is 29.8 Å². The molecule has 8 nitrogen and oxygen atoms in total. The van der Waals surface area contributed by atoms with Crippen molar-refractivity contribution in [3.8, 4) is 10.9 Å². The number of carbonyl (C=O) groups is 2. The third-order valence-corrected chi connectivity index (χ3v) is 7.10. The number of amides is 2. The number of aromatic nitrogens is 1. The molecule has 3 fully saturated rings. The summed E-state index contributed by atoms with van der Waals surface area (Å²) in [6, 6.07) is 3.94. The zero-order valence-electron chi connectivity index (χ0n) is 17.1. The number of thiazole rings is 1. The van der Waals surface area contributed by atoms with E-state index in [0.29, 0.717) is 37.3 Å². The van der Waals surface area contributed by atoms with Crippen molar-refractivity contribution in [3.05, 3.63) is 40.6 Å². The van der Waals surface area contributed by atoms with Gasteiger partial charge in [-0.05, 0) is 44.2 Å². The topological polar surface area (TPSA) is 110 Å². The van der Waals surface area contributed by atoms with Crippen LogP contribution in [0.25, 0.3) is 0 Å². The Kier molecular flexibility index (Phi) is 6.55. The molecule has 0 saturated heterocycles. The summed E-state index contributed by atoms with van der Waals surface area (Å²) >= 11 is 6.94. The summed E-state index contributed by atoms with van der Waals surface area (Å²) in [7, 11) is 0. The number of hydrogen-bond donors (Lipinski definition) is 3. The van der Waals surface area contributed by atoms with Crippen molar-refractivity contribution >= 4 is 34.8 Å². The number of aliphatic hydroxyl groups excluding tert-OH is 1. The molecule has 0 radical (unpaired) electrons. The number of nitrogens with zero attached hydrogens (tertiary/aromatic N) is 1. The Morgan fingerprint density at radius 3 is 2.56 bits per heavy atom. The lowest BCUT2D eigenvalue weighted by atomic mass is 9.60. The van der Waals surface area contributed by atoms with E-state index in [1.54, 1.807) is 11.6 Å². The highest BCUT2D eigenvalue weighted by molar-refractivity contribution is 7.11. The van der Waals surface area contributed by atoms with E-state index in [2.05, 4.69) is 15.6 Å². The Bertz CT molecular complexity index is 982. The summed E-state index contributed by atoms with van der Waals surface area (Å²) in [6.07, 6.45) is 3.39. The van der Waals surface area contributed by atoms with Gasteiger partial charge in [0.2, 0.25) is 0 Å². The number of aliphatic hydroxyl groups is 1. The van der Waals surface area contributed by atoms with Crippen LogP contribution < -0.4 is 20.1 Å². The Labute approximate surface area is 193 Å². The molecule has 3 aliphatic carbocycles. The van der Waals surface area contributed by atoms with E-state index < -0.39 is 28.9 Å². The lowest BCUT2D eigenvalue weighted by molar-refractivity contribution is -0.137. The number of rotatable bonds is 8. The molecule has 2 aromatic rings. The maximum atomic E-state index is 13.5. The van der Waals surface area contributed by atoms with Crippen LogP contribution in [0.2, 0.25) is 5.02 Å². The summed E-state index contributed by atoms with van der Waals surface area (Å²) in [5.74, 6) is -1.12. The van der Waals surface area contributed by atoms with Gasteiger partial charge in [0.15, 0.2) is 13.2 Å². The lowest BCUT2D eigenvalue weighted by Gasteiger charge is -2.56. The van der Waals surface area contributed by atoms with Gasteiger partial charge < -0.3 is 25.2 Å². The Hall–Kier alpha value is -2.43. The maximum absolute atomic E-state index is 13.5. The van der Waals surface area contributed by atoms with Crippen LogP contribution in [0.1, 0.15) is 32.1 Å². The monoisotopic (exact) mass is 483 g/mol. The highest BCUT2D eigenvalue weighted by atomic mass is 35.5.